The van der Waals surface area contributed by atoms with Gasteiger partial charge >= 0.3 is 0 Å². The van der Waals surface area contributed by atoms with E-state index in [1.54, 1.807) is 29.7 Å². The lowest BCUT2D eigenvalue weighted by Crippen LogP contribution is -2.23. The molecular weight excluding hydrogens is 404 g/mol. The lowest BCUT2D eigenvalue weighted by molar-refractivity contribution is 0.0950. The number of halogens is 2. The van der Waals surface area contributed by atoms with E-state index in [9.17, 15) is 4.79 Å². The number of thiophene rings is 1. The second-order valence-corrected chi connectivity index (χ2v) is 7.91. The van der Waals surface area contributed by atoms with Gasteiger partial charge in [0.05, 0.1) is 13.9 Å². The summed E-state index contributed by atoms with van der Waals surface area (Å²) in [7, 11) is 0. The Hall–Kier alpha value is -1.21. The summed E-state index contributed by atoms with van der Waals surface area (Å²) in [5.74, 6) is -0.194. The van der Waals surface area contributed by atoms with E-state index in [0.717, 1.165) is 19.6 Å². The third-order valence-corrected chi connectivity index (χ3v) is 5.41. The number of pyridine rings is 1. The van der Waals surface area contributed by atoms with Crippen LogP contribution in [0, 0.1) is 4.51 Å². The SMILES string of the molecule is O=C(NCc1ccc(Cl)cc1)c1c[nH]c2sc(Br)cc2c1=S. The Bertz CT molecular complexity index is 902. The molecule has 0 spiro atoms. The van der Waals surface area contributed by atoms with Crippen LogP contribution in [0.4, 0.5) is 0 Å². The van der Waals surface area contributed by atoms with Crippen molar-refractivity contribution in [3.8, 4) is 0 Å². The highest BCUT2D eigenvalue weighted by molar-refractivity contribution is 9.11. The zero-order valence-corrected chi connectivity index (χ0v) is 15.1. The number of H-pyrrole nitrogens is 1. The molecule has 1 aromatic carbocycles. The molecule has 0 fully saturated rings. The molecule has 1 amide bonds. The summed E-state index contributed by atoms with van der Waals surface area (Å²) >= 11 is 16.2. The van der Waals surface area contributed by atoms with E-state index in [2.05, 4.69) is 26.2 Å². The Balaban J connectivity index is 1.81. The Labute approximate surface area is 149 Å². The van der Waals surface area contributed by atoms with Crippen LogP contribution in [-0.4, -0.2) is 10.9 Å². The highest BCUT2D eigenvalue weighted by Gasteiger charge is 2.11. The van der Waals surface area contributed by atoms with Gasteiger partial charge in [-0.3, -0.25) is 4.79 Å². The fraction of sp³-hybridized carbons (Fsp3) is 0.0667. The van der Waals surface area contributed by atoms with Gasteiger partial charge < -0.3 is 10.3 Å². The van der Waals surface area contributed by atoms with E-state index < -0.39 is 0 Å². The summed E-state index contributed by atoms with van der Waals surface area (Å²) in [6, 6.07) is 9.27. The topological polar surface area (TPSA) is 44.9 Å². The molecule has 0 atom stereocenters. The van der Waals surface area contributed by atoms with E-state index in [-0.39, 0.29) is 5.91 Å². The average molecular weight is 414 g/mol. The standard InChI is InChI=1S/C15H10BrClN2OS2/c16-12-5-10-13(21)11(7-19-15(10)22-12)14(20)18-6-8-1-3-9(17)4-2-8/h1-5,7H,6H2,(H,18,20)(H,19,21). The van der Waals surface area contributed by atoms with E-state index in [0.29, 0.717) is 21.6 Å². The molecule has 2 N–H and O–H groups in total. The Kier molecular flexibility index (Phi) is 4.63. The first-order valence-corrected chi connectivity index (χ1v) is 8.77. The average Bonchev–Trinajstić information content (AvgIpc) is 2.88. The maximum Gasteiger partial charge on any atom is 0.254 e. The fourth-order valence-corrected chi connectivity index (χ4v) is 4.01. The van der Waals surface area contributed by atoms with Gasteiger partial charge in [0.15, 0.2) is 0 Å². The number of carbonyl (C=O) groups excluding carboxylic acids is 1. The molecule has 22 heavy (non-hydrogen) atoms. The van der Waals surface area contributed by atoms with E-state index in [1.807, 2.05) is 18.2 Å². The Morgan fingerprint density at radius 2 is 2.09 bits per heavy atom. The van der Waals surface area contributed by atoms with Gasteiger partial charge in [-0.15, -0.1) is 11.3 Å². The second-order valence-electron chi connectivity index (χ2n) is 4.63. The lowest BCUT2D eigenvalue weighted by Gasteiger charge is -2.06. The number of aromatic nitrogens is 1. The van der Waals surface area contributed by atoms with Crippen LogP contribution in [0.1, 0.15) is 15.9 Å². The number of nitrogens with one attached hydrogen (secondary N) is 2. The molecule has 0 saturated carbocycles. The summed E-state index contributed by atoms with van der Waals surface area (Å²) in [5.41, 5.74) is 1.45. The van der Waals surface area contributed by atoms with Gasteiger partial charge in [-0.1, -0.05) is 36.0 Å². The summed E-state index contributed by atoms with van der Waals surface area (Å²) in [6.07, 6.45) is 1.66. The minimum absolute atomic E-state index is 0.194. The van der Waals surface area contributed by atoms with Crippen LogP contribution in [0.2, 0.25) is 5.02 Å². The zero-order valence-electron chi connectivity index (χ0n) is 11.2. The number of aromatic amines is 1. The minimum Gasteiger partial charge on any atom is -0.352 e. The van der Waals surface area contributed by atoms with Crippen LogP contribution < -0.4 is 5.32 Å². The summed E-state index contributed by atoms with van der Waals surface area (Å²) < 4.78 is 1.54. The maximum atomic E-state index is 12.3. The summed E-state index contributed by atoms with van der Waals surface area (Å²) in [5, 5.41) is 4.42. The first-order valence-electron chi connectivity index (χ1n) is 6.38. The molecule has 0 aliphatic rings. The van der Waals surface area contributed by atoms with Crippen LogP contribution in [-0.2, 0) is 6.54 Å². The predicted molar refractivity (Wildman–Crippen MR) is 97.3 cm³/mol. The van der Waals surface area contributed by atoms with Gasteiger partial charge in [-0.05, 0) is 39.7 Å². The van der Waals surface area contributed by atoms with E-state index >= 15 is 0 Å². The number of rotatable bonds is 3. The summed E-state index contributed by atoms with van der Waals surface area (Å²) in [4.78, 5) is 16.4. The molecule has 0 aliphatic heterocycles. The van der Waals surface area contributed by atoms with Crippen LogP contribution in [0.15, 0.2) is 40.3 Å². The number of carbonyl (C=O) groups is 1. The molecule has 2 heterocycles. The molecule has 0 aliphatic carbocycles. The third kappa shape index (κ3) is 3.25. The first kappa shape index (κ1) is 15.7. The lowest BCUT2D eigenvalue weighted by atomic mass is 10.2. The molecule has 0 unspecified atom stereocenters. The zero-order chi connectivity index (χ0) is 15.7. The van der Waals surface area contributed by atoms with Gasteiger partial charge in [0.25, 0.3) is 5.91 Å². The van der Waals surface area contributed by atoms with Crippen molar-refractivity contribution in [2.24, 2.45) is 0 Å². The molecule has 2 aromatic heterocycles. The van der Waals surface area contributed by atoms with Crippen LogP contribution in [0.5, 0.6) is 0 Å². The van der Waals surface area contributed by atoms with Crippen molar-refractivity contribution in [2.75, 3.05) is 0 Å². The second kappa shape index (κ2) is 6.50. The van der Waals surface area contributed by atoms with Gasteiger partial charge in [0.2, 0.25) is 0 Å². The first-order chi connectivity index (χ1) is 10.5. The Morgan fingerprint density at radius 3 is 2.82 bits per heavy atom. The van der Waals surface area contributed by atoms with E-state index in [1.165, 1.54) is 0 Å². The molecule has 112 valence electrons. The quantitative estimate of drug-likeness (QED) is 0.572. The van der Waals surface area contributed by atoms with Gasteiger partial charge in [0, 0.05) is 23.2 Å². The Morgan fingerprint density at radius 1 is 1.36 bits per heavy atom. The van der Waals surface area contributed by atoms with Crippen molar-refractivity contribution in [3.05, 3.63) is 61.0 Å². The number of amides is 1. The highest BCUT2D eigenvalue weighted by atomic mass is 79.9. The number of fused-ring (bicyclic) bond motifs is 1. The highest BCUT2D eigenvalue weighted by Crippen LogP contribution is 2.29. The van der Waals surface area contributed by atoms with Crippen molar-refractivity contribution < 1.29 is 4.79 Å². The van der Waals surface area contributed by atoms with E-state index in [4.69, 9.17) is 23.8 Å². The van der Waals surface area contributed by atoms with Crippen LogP contribution >= 0.6 is 51.1 Å². The third-order valence-electron chi connectivity index (χ3n) is 3.15. The molecule has 0 saturated heterocycles. The van der Waals surface area contributed by atoms with Crippen molar-refractivity contribution >= 4 is 67.2 Å². The maximum absolute atomic E-state index is 12.3. The molecule has 0 radical (unpaired) electrons. The normalized spacial score (nSPS) is 10.8. The fourth-order valence-electron chi connectivity index (χ4n) is 2.03. The minimum atomic E-state index is -0.194. The summed E-state index contributed by atoms with van der Waals surface area (Å²) in [6.45, 7) is 0.427. The van der Waals surface area contributed by atoms with Crippen molar-refractivity contribution in [1.82, 2.24) is 10.3 Å². The number of benzene rings is 1. The molecule has 7 heteroatoms. The van der Waals surface area contributed by atoms with Gasteiger partial charge in [-0.2, -0.15) is 0 Å². The molecule has 0 bridgehead atoms. The van der Waals surface area contributed by atoms with Crippen molar-refractivity contribution in [1.29, 1.82) is 0 Å². The molecular formula is C15H10BrClN2OS2. The van der Waals surface area contributed by atoms with Crippen LogP contribution in [0.3, 0.4) is 0 Å². The molecule has 3 aromatic rings. The smallest absolute Gasteiger partial charge is 0.254 e. The molecule has 3 rings (SSSR count). The van der Waals surface area contributed by atoms with Gasteiger partial charge in [-0.25, -0.2) is 0 Å². The van der Waals surface area contributed by atoms with Crippen molar-refractivity contribution in [3.63, 3.8) is 0 Å². The monoisotopic (exact) mass is 412 g/mol. The molecule has 3 nitrogen and oxygen atoms in total. The van der Waals surface area contributed by atoms with Crippen molar-refractivity contribution in [2.45, 2.75) is 6.54 Å². The predicted octanol–water partition coefficient (Wildman–Crippen LogP) is 5.30. The largest absolute Gasteiger partial charge is 0.352 e. The van der Waals surface area contributed by atoms with Crippen LogP contribution in [0.25, 0.3) is 10.2 Å². The van der Waals surface area contributed by atoms with Gasteiger partial charge in [0.1, 0.15) is 4.83 Å². The number of hydrogen-bond acceptors (Lipinski definition) is 3. The number of hydrogen-bond donors (Lipinski definition) is 2.